The zero-order valence-corrected chi connectivity index (χ0v) is 11.6. The first-order valence-corrected chi connectivity index (χ1v) is 6.46. The maximum atomic E-state index is 10.8. The molecule has 0 radical (unpaired) electrons. The number of phenols is 1. The number of aromatic carboxylic acids is 1. The zero-order valence-electron chi connectivity index (χ0n) is 9.18. The van der Waals surface area contributed by atoms with Gasteiger partial charge >= 0.3 is 5.97 Å². The normalized spacial score (nSPS) is 10.3. The molecule has 0 aliphatic carbocycles. The maximum absolute atomic E-state index is 10.8. The van der Waals surface area contributed by atoms with Gasteiger partial charge in [0.1, 0.15) is 5.01 Å². The number of carboxylic acids is 1. The predicted molar refractivity (Wildman–Crippen MR) is 70.4 cm³/mol. The van der Waals surface area contributed by atoms with Gasteiger partial charge in [0.15, 0.2) is 17.2 Å². The molecule has 0 amide bonds. The van der Waals surface area contributed by atoms with Crippen LogP contribution in [0.4, 0.5) is 0 Å². The molecule has 0 aliphatic rings. The molecule has 0 aliphatic heterocycles. The summed E-state index contributed by atoms with van der Waals surface area (Å²) < 4.78 is 5.48. The van der Waals surface area contributed by atoms with E-state index in [1.165, 1.54) is 23.8 Å². The molecule has 94 valence electrons. The molecule has 7 heteroatoms. The summed E-state index contributed by atoms with van der Waals surface area (Å²) in [4.78, 5) is 14.7. The molecule has 1 heterocycles. The van der Waals surface area contributed by atoms with Crippen LogP contribution in [-0.4, -0.2) is 28.3 Å². The molecule has 18 heavy (non-hydrogen) atoms. The topological polar surface area (TPSA) is 79.7 Å². The number of aromatic hydroxyl groups is 1. The van der Waals surface area contributed by atoms with Crippen molar-refractivity contribution in [3.63, 3.8) is 0 Å². The second-order valence-corrected chi connectivity index (χ2v) is 5.06. The Balaban J connectivity index is 2.50. The number of thiazole rings is 1. The summed E-state index contributed by atoms with van der Waals surface area (Å²) >= 11 is 4.42. The minimum absolute atomic E-state index is 0.00170. The maximum Gasteiger partial charge on any atom is 0.355 e. The van der Waals surface area contributed by atoms with E-state index in [1.807, 2.05) is 0 Å². The molecular weight excluding hydrogens is 322 g/mol. The molecule has 1 aromatic heterocycles. The summed E-state index contributed by atoms with van der Waals surface area (Å²) in [6.45, 7) is 0. The second kappa shape index (κ2) is 4.95. The first kappa shape index (κ1) is 12.8. The van der Waals surface area contributed by atoms with Crippen molar-refractivity contribution in [3.8, 4) is 22.1 Å². The quantitative estimate of drug-likeness (QED) is 0.904. The Bertz CT molecular complexity index is 611. The van der Waals surface area contributed by atoms with E-state index in [1.54, 1.807) is 12.1 Å². The molecular formula is C11H8BrNO4S. The van der Waals surface area contributed by atoms with Gasteiger partial charge in [-0.3, -0.25) is 0 Å². The van der Waals surface area contributed by atoms with Crippen LogP contribution in [-0.2, 0) is 0 Å². The lowest BCUT2D eigenvalue weighted by Crippen LogP contribution is -1.95. The van der Waals surface area contributed by atoms with Crippen LogP contribution in [0.2, 0.25) is 0 Å². The number of nitrogens with zero attached hydrogens (tertiary/aromatic N) is 1. The Kier molecular flexibility index (Phi) is 3.53. The number of aromatic nitrogens is 1. The highest BCUT2D eigenvalue weighted by atomic mass is 79.9. The van der Waals surface area contributed by atoms with Gasteiger partial charge in [0.2, 0.25) is 0 Å². The minimum atomic E-state index is -1.07. The third kappa shape index (κ3) is 2.32. The summed E-state index contributed by atoms with van der Waals surface area (Å²) in [5.41, 5.74) is 0.673. The van der Waals surface area contributed by atoms with Crippen molar-refractivity contribution in [1.82, 2.24) is 4.98 Å². The van der Waals surface area contributed by atoms with Gasteiger partial charge in [-0.1, -0.05) is 0 Å². The highest BCUT2D eigenvalue weighted by molar-refractivity contribution is 9.10. The van der Waals surface area contributed by atoms with E-state index in [9.17, 15) is 9.90 Å². The molecule has 0 saturated heterocycles. The molecule has 0 saturated carbocycles. The number of methoxy groups -OCH3 is 1. The number of benzene rings is 1. The van der Waals surface area contributed by atoms with Crippen LogP contribution in [0.15, 0.2) is 22.0 Å². The number of hydrogen-bond acceptors (Lipinski definition) is 5. The third-order valence-corrected chi connectivity index (χ3v) is 3.71. The Hall–Kier alpha value is -1.60. The van der Waals surface area contributed by atoms with E-state index in [2.05, 4.69) is 20.9 Å². The van der Waals surface area contributed by atoms with Crippen LogP contribution in [0.3, 0.4) is 0 Å². The van der Waals surface area contributed by atoms with Gasteiger partial charge in [0.25, 0.3) is 0 Å². The van der Waals surface area contributed by atoms with Gasteiger partial charge in [0, 0.05) is 10.9 Å². The van der Waals surface area contributed by atoms with Crippen molar-refractivity contribution in [2.45, 2.75) is 0 Å². The number of carboxylic acid groups (broad SMARTS) is 1. The molecule has 0 unspecified atom stereocenters. The molecule has 0 spiro atoms. The van der Waals surface area contributed by atoms with Crippen LogP contribution in [0.1, 0.15) is 10.5 Å². The number of ether oxygens (including phenoxy) is 1. The van der Waals surface area contributed by atoms with Crippen molar-refractivity contribution in [2.24, 2.45) is 0 Å². The van der Waals surface area contributed by atoms with Crippen LogP contribution in [0.5, 0.6) is 11.5 Å². The number of halogens is 1. The Morgan fingerprint density at radius 3 is 2.78 bits per heavy atom. The summed E-state index contributed by atoms with van der Waals surface area (Å²) in [5, 5.41) is 20.5. The zero-order chi connectivity index (χ0) is 13.3. The van der Waals surface area contributed by atoms with Gasteiger partial charge in [-0.15, -0.1) is 11.3 Å². The Morgan fingerprint density at radius 1 is 1.50 bits per heavy atom. The Labute approximate surface area is 115 Å². The highest BCUT2D eigenvalue weighted by Crippen LogP contribution is 2.39. The number of rotatable bonds is 3. The monoisotopic (exact) mass is 329 g/mol. The number of carbonyl (C=O) groups is 1. The van der Waals surface area contributed by atoms with Crippen LogP contribution < -0.4 is 4.74 Å². The number of hydrogen-bond donors (Lipinski definition) is 2. The van der Waals surface area contributed by atoms with E-state index in [0.717, 1.165) is 0 Å². The van der Waals surface area contributed by atoms with Gasteiger partial charge in [-0.25, -0.2) is 9.78 Å². The second-order valence-electron chi connectivity index (χ2n) is 3.35. The van der Waals surface area contributed by atoms with Crippen molar-refractivity contribution in [3.05, 3.63) is 27.7 Å². The average Bonchev–Trinajstić information content (AvgIpc) is 2.82. The summed E-state index contributed by atoms with van der Waals surface area (Å²) in [7, 11) is 1.44. The lowest BCUT2D eigenvalue weighted by atomic mass is 10.2. The van der Waals surface area contributed by atoms with Crippen molar-refractivity contribution < 1.29 is 19.7 Å². The van der Waals surface area contributed by atoms with Gasteiger partial charge in [-0.05, 0) is 28.1 Å². The first-order valence-electron chi connectivity index (χ1n) is 4.78. The van der Waals surface area contributed by atoms with Gasteiger partial charge in [-0.2, -0.15) is 0 Å². The van der Waals surface area contributed by atoms with E-state index in [-0.39, 0.29) is 11.4 Å². The molecule has 1 aromatic carbocycles. The van der Waals surface area contributed by atoms with Crippen molar-refractivity contribution in [2.75, 3.05) is 7.11 Å². The Morgan fingerprint density at radius 2 is 2.22 bits per heavy atom. The van der Waals surface area contributed by atoms with Gasteiger partial charge < -0.3 is 14.9 Å². The van der Waals surface area contributed by atoms with Crippen LogP contribution in [0.25, 0.3) is 10.6 Å². The van der Waals surface area contributed by atoms with Crippen molar-refractivity contribution >= 4 is 33.2 Å². The highest BCUT2D eigenvalue weighted by Gasteiger charge is 2.14. The molecule has 5 nitrogen and oxygen atoms in total. The van der Waals surface area contributed by atoms with E-state index in [4.69, 9.17) is 9.84 Å². The third-order valence-electron chi connectivity index (χ3n) is 2.22. The fourth-order valence-electron chi connectivity index (χ4n) is 1.36. The fraction of sp³-hybridized carbons (Fsp3) is 0.0909. The number of phenolic OH excluding ortho intramolecular Hbond substituents is 1. The fourth-order valence-corrected chi connectivity index (χ4v) is 2.58. The molecule has 0 atom stereocenters. The van der Waals surface area contributed by atoms with E-state index in [0.29, 0.717) is 20.8 Å². The summed E-state index contributed by atoms with van der Waals surface area (Å²) in [6.07, 6.45) is 0. The molecule has 0 fully saturated rings. The summed E-state index contributed by atoms with van der Waals surface area (Å²) in [6, 6.07) is 3.26. The average molecular weight is 330 g/mol. The standard InChI is InChI=1S/C11H8BrNO4S/c1-17-8-3-5(2-6(12)9(8)14)10-13-7(4-18-10)11(15)16/h2-4,14H,1H3,(H,15,16). The SMILES string of the molecule is COc1cc(-c2nc(C(=O)O)cs2)cc(Br)c1O. The first-order chi connectivity index (χ1) is 8.52. The van der Waals surface area contributed by atoms with Crippen LogP contribution in [0, 0.1) is 0 Å². The van der Waals surface area contributed by atoms with E-state index >= 15 is 0 Å². The smallest absolute Gasteiger partial charge is 0.355 e. The molecule has 2 N–H and O–H groups in total. The molecule has 2 rings (SSSR count). The van der Waals surface area contributed by atoms with Gasteiger partial charge in [0.05, 0.1) is 11.6 Å². The predicted octanol–water partition coefficient (Wildman–Crippen LogP) is 2.99. The molecule has 0 bridgehead atoms. The lowest BCUT2D eigenvalue weighted by Gasteiger charge is -2.07. The lowest BCUT2D eigenvalue weighted by molar-refractivity contribution is 0.0691. The van der Waals surface area contributed by atoms with Crippen molar-refractivity contribution in [1.29, 1.82) is 0 Å². The van der Waals surface area contributed by atoms with E-state index < -0.39 is 5.97 Å². The molecule has 2 aromatic rings. The largest absolute Gasteiger partial charge is 0.503 e. The minimum Gasteiger partial charge on any atom is -0.503 e. The van der Waals surface area contributed by atoms with Crippen LogP contribution >= 0.6 is 27.3 Å². The summed E-state index contributed by atoms with van der Waals surface area (Å²) in [5.74, 6) is -0.773.